The maximum absolute atomic E-state index is 5.66. The second-order valence-corrected chi connectivity index (χ2v) is 4.44. The summed E-state index contributed by atoms with van der Waals surface area (Å²) in [7, 11) is 0. The molecule has 3 N–H and O–H groups in total. The first-order valence-electron chi connectivity index (χ1n) is 5.14. The van der Waals surface area contributed by atoms with Crippen LogP contribution in [0.15, 0.2) is 0 Å². The summed E-state index contributed by atoms with van der Waals surface area (Å²) in [6.07, 6.45) is 1.07. The number of aromatic nitrogens is 3. The fourth-order valence-electron chi connectivity index (χ4n) is 1.08. The van der Waals surface area contributed by atoms with E-state index in [1.54, 1.807) is 0 Å². The summed E-state index contributed by atoms with van der Waals surface area (Å²) >= 11 is 0. The number of rotatable bonds is 4. The van der Waals surface area contributed by atoms with Gasteiger partial charge >= 0.3 is 0 Å². The normalized spacial score (nSPS) is 14.4. The van der Waals surface area contributed by atoms with E-state index in [4.69, 9.17) is 5.73 Å². The van der Waals surface area contributed by atoms with Gasteiger partial charge in [0.25, 0.3) is 0 Å². The minimum atomic E-state index is -0.137. The van der Waals surface area contributed by atoms with E-state index < -0.39 is 0 Å². The lowest BCUT2D eigenvalue weighted by molar-refractivity contribution is 0.503. The highest BCUT2D eigenvalue weighted by atomic mass is 15.2. The third kappa shape index (κ3) is 2.12. The smallest absolute Gasteiger partial charge is 0.157 e. The third-order valence-corrected chi connectivity index (χ3v) is 2.70. The van der Waals surface area contributed by atoms with Gasteiger partial charge in [0.1, 0.15) is 5.82 Å². The highest BCUT2D eigenvalue weighted by Gasteiger charge is 2.24. The van der Waals surface area contributed by atoms with Crippen LogP contribution in [0, 0.1) is 0 Å². The first-order chi connectivity index (χ1) is 6.51. The molecule has 4 heteroatoms. The highest BCUT2D eigenvalue weighted by molar-refractivity contribution is 5.06. The lowest BCUT2D eigenvalue weighted by Crippen LogP contribution is -2.29. The Hall–Kier alpha value is -0.900. The molecule has 4 nitrogen and oxygen atoms in total. The standard InChI is InChI=1S/C10H20N4/c1-5-7(2)8-12-9(14-13-8)10(3,4)6-11/h7H,5-6,11H2,1-4H3,(H,12,13,14). The summed E-state index contributed by atoms with van der Waals surface area (Å²) in [5.41, 5.74) is 5.53. The Bertz CT molecular complexity index is 290. The van der Waals surface area contributed by atoms with Crippen molar-refractivity contribution in [3.05, 3.63) is 11.6 Å². The Morgan fingerprint density at radius 3 is 2.64 bits per heavy atom. The maximum Gasteiger partial charge on any atom is 0.157 e. The van der Waals surface area contributed by atoms with Crippen LogP contribution >= 0.6 is 0 Å². The van der Waals surface area contributed by atoms with Crippen LogP contribution in [0.5, 0.6) is 0 Å². The molecular formula is C10H20N4. The van der Waals surface area contributed by atoms with Crippen molar-refractivity contribution < 1.29 is 0 Å². The molecule has 0 aliphatic heterocycles. The predicted octanol–water partition coefficient (Wildman–Crippen LogP) is 1.55. The van der Waals surface area contributed by atoms with E-state index in [0.717, 1.165) is 18.1 Å². The van der Waals surface area contributed by atoms with Crippen molar-refractivity contribution in [1.29, 1.82) is 0 Å². The van der Waals surface area contributed by atoms with Crippen molar-refractivity contribution in [2.45, 2.75) is 45.4 Å². The molecule has 0 aliphatic rings. The summed E-state index contributed by atoms with van der Waals surface area (Å²) in [5.74, 6) is 2.21. The first kappa shape index (κ1) is 11.2. The van der Waals surface area contributed by atoms with Gasteiger partial charge in [0.15, 0.2) is 5.82 Å². The Balaban J connectivity index is 2.88. The van der Waals surface area contributed by atoms with Gasteiger partial charge in [-0.1, -0.05) is 27.7 Å². The fourth-order valence-corrected chi connectivity index (χ4v) is 1.08. The number of hydrogen-bond acceptors (Lipinski definition) is 3. The summed E-state index contributed by atoms with van der Waals surface area (Å²) < 4.78 is 0. The SMILES string of the molecule is CCC(C)c1nc(C(C)(C)CN)n[nH]1. The minimum absolute atomic E-state index is 0.137. The molecule has 1 aromatic heterocycles. The topological polar surface area (TPSA) is 67.6 Å². The number of nitrogens with one attached hydrogen (secondary N) is 1. The molecule has 80 valence electrons. The van der Waals surface area contributed by atoms with Crippen molar-refractivity contribution in [3.8, 4) is 0 Å². The third-order valence-electron chi connectivity index (χ3n) is 2.70. The zero-order valence-electron chi connectivity index (χ0n) is 9.46. The Morgan fingerprint density at radius 1 is 1.50 bits per heavy atom. The van der Waals surface area contributed by atoms with E-state index in [0.29, 0.717) is 12.5 Å². The van der Waals surface area contributed by atoms with Crippen molar-refractivity contribution >= 4 is 0 Å². The average Bonchev–Trinajstić information content (AvgIpc) is 2.66. The van der Waals surface area contributed by atoms with Gasteiger partial charge in [0.05, 0.1) is 0 Å². The molecule has 0 saturated carbocycles. The molecule has 0 radical (unpaired) electrons. The molecule has 1 aromatic rings. The molecule has 0 fully saturated rings. The van der Waals surface area contributed by atoms with Crippen LogP contribution in [0.4, 0.5) is 0 Å². The molecule has 1 unspecified atom stereocenters. The summed E-state index contributed by atoms with van der Waals surface area (Å²) in [6, 6.07) is 0. The molecule has 1 atom stereocenters. The number of aromatic amines is 1. The van der Waals surface area contributed by atoms with Crippen LogP contribution < -0.4 is 5.73 Å². The Labute approximate surface area is 85.3 Å². The van der Waals surface area contributed by atoms with Crippen molar-refractivity contribution in [2.24, 2.45) is 5.73 Å². The first-order valence-corrected chi connectivity index (χ1v) is 5.14. The predicted molar refractivity (Wildman–Crippen MR) is 57.2 cm³/mol. The summed E-state index contributed by atoms with van der Waals surface area (Å²) in [5, 5.41) is 7.19. The molecule has 0 bridgehead atoms. The van der Waals surface area contributed by atoms with Gasteiger partial charge in [-0.3, -0.25) is 5.10 Å². The van der Waals surface area contributed by atoms with Crippen LogP contribution in [0.25, 0.3) is 0 Å². The lowest BCUT2D eigenvalue weighted by atomic mass is 9.93. The van der Waals surface area contributed by atoms with Crippen molar-refractivity contribution in [1.82, 2.24) is 15.2 Å². The van der Waals surface area contributed by atoms with Gasteiger partial charge in [-0.15, -0.1) is 0 Å². The van der Waals surface area contributed by atoms with Crippen LogP contribution in [-0.2, 0) is 5.41 Å². The lowest BCUT2D eigenvalue weighted by Gasteiger charge is -2.17. The second-order valence-electron chi connectivity index (χ2n) is 4.44. The van der Waals surface area contributed by atoms with E-state index in [1.807, 2.05) is 0 Å². The molecule has 0 spiro atoms. The van der Waals surface area contributed by atoms with Gasteiger partial charge in [0.2, 0.25) is 0 Å². The summed E-state index contributed by atoms with van der Waals surface area (Å²) in [4.78, 5) is 4.48. The van der Waals surface area contributed by atoms with E-state index in [-0.39, 0.29) is 5.41 Å². The second kappa shape index (κ2) is 4.09. The largest absolute Gasteiger partial charge is 0.329 e. The molecule has 1 heterocycles. The molecular weight excluding hydrogens is 176 g/mol. The van der Waals surface area contributed by atoms with Gasteiger partial charge in [-0.25, -0.2) is 4.98 Å². The molecule has 1 rings (SSSR count). The van der Waals surface area contributed by atoms with Gasteiger partial charge in [-0.05, 0) is 6.42 Å². The molecule has 0 aliphatic carbocycles. The number of hydrogen-bond donors (Lipinski definition) is 2. The van der Waals surface area contributed by atoms with Crippen molar-refractivity contribution in [2.75, 3.05) is 6.54 Å². The number of nitrogens with zero attached hydrogens (tertiary/aromatic N) is 2. The zero-order valence-corrected chi connectivity index (χ0v) is 9.46. The van der Waals surface area contributed by atoms with Crippen LogP contribution in [0.2, 0.25) is 0 Å². The quantitative estimate of drug-likeness (QED) is 0.767. The zero-order chi connectivity index (χ0) is 10.8. The van der Waals surface area contributed by atoms with Gasteiger partial charge < -0.3 is 5.73 Å². The van der Waals surface area contributed by atoms with E-state index in [9.17, 15) is 0 Å². The van der Waals surface area contributed by atoms with E-state index in [2.05, 4.69) is 42.9 Å². The monoisotopic (exact) mass is 196 g/mol. The Morgan fingerprint density at radius 2 is 2.14 bits per heavy atom. The molecule has 0 amide bonds. The van der Waals surface area contributed by atoms with Gasteiger partial charge in [0, 0.05) is 17.9 Å². The number of nitrogens with two attached hydrogens (primary N) is 1. The minimum Gasteiger partial charge on any atom is -0.329 e. The number of H-pyrrole nitrogens is 1. The fraction of sp³-hybridized carbons (Fsp3) is 0.800. The van der Waals surface area contributed by atoms with Crippen LogP contribution in [0.3, 0.4) is 0 Å². The van der Waals surface area contributed by atoms with E-state index >= 15 is 0 Å². The van der Waals surface area contributed by atoms with Crippen LogP contribution in [-0.4, -0.2) is 21.7 Å². The summed E-state index contributed by atoms with van der Waals surface area (Å²) in [6.45, 7) is 8.94. The van der Waals surface area contributed by atoms with E-state index in [1.165, 1.54) is 0 Å². The van der Waals surface area contributed by atoms with Gasteiger partial charge in [-0.2, -0.15) is 5.10 Å². The average molecular weight is 196 g/mol. The van der Waals surface area contributed by atoms with Crippen LogP contribution in [0.1, 0.15) is 51.7 Å². The van der Waals surface area contributed by atoms with Crippen molar-refractivity contribution in [3.63, 3.8) is 0 Å². The molecule has 0 aromatic carbocycles. The highest BCUT2D eigenvalue weighted by Crippen LogP contribution is 2.20. The Kier molecular flexibility index (Phi) is 3.26. The molecule has 14 heavy (non-hydrogen) atoms. The maximum atomic E-state index is 5.66. The molecule has 0 saturated heterocycles.